The van der Waals surface area contributed by atoms with Crippen molar-refractivity contribution in [3.8, 4) is 0 Å². The highest BCUT2D eigenvalue weighted by molar-refractivity contribution is 6.00. The van der Waals surface area contributed by atoms with Gasteiger partial charge in [-0.2, -0.15) is 5.10 Å². The number of ether oxygens (including phenoxy) is 2. The first kappa shape index (κ1) is 23.4. The number of piperidine rings is 2. The Morgan fingerprint density at radius 3 is 2.27 bits per heavy atom. The first-order valence-corrected chi connectivity index (χ1v) is 11.7. The highest BCUT2D eigenvalue weighted by Crippen LogP contribution is 2.29. The Hall–Kier alpha value is -2.81. The summed E-state index contributed by atoms with van der Waals surface area (Å²) in [5, 5.41) is 5.66. The van der Waals surface area contributed by atoms with E-state index in [1.165, 1.54) is 7.11 Å². The molecule has 0 aliphatic carbocycles. The third-order valence-electron chi connectivity index (χ3n) is 6.60. The lowest BCUT2D eigenvalue weighted by atomic mass is 9.98. The average Bonchev–Trinajstić information content (AvgIpc) is 3.20. The van der Waals surface area contributed by atoms with Gasteiger partial charge in [0.1, 0.15) is 5.60 Å². The van der Waals surface area contributed by atoms with Crippen molar-refractivity contribution < 1.29 is 19.1 Å². The number of esters is 1. The smallest absolute Gasteiger partial charge is 0.410 e. The van der Waals surface area contributed by atoms with Crippen molar-refractivity contribution in [2.45, 2.75) is 64.1 Å². The first-order valence-electron chi connectivity index (χ1n) is 11.7. The monoisotopic (exact) mass is 457 g/mol. The van der Waals surface area contributed by atoms with Crippen molar-refractivity contribution in [2.75, 3.05) is 39.0 Å². The molecule has 180 valence electrons. The number of methoxy groups -OCH3 is 1. The first-order chi connectivity index (χ1) is 15.6. The largest absolute Gasteiger partial charge is 0.465 e. The molecule has 2 N–H and O–H groups in total. The van der Waals surface area contributed by atoms with Gasteiger partial charge in [0.15, 0.2) is 0 Å². The summed E-state index contributed by atoms with van der Waals surface area (Å²) in [6.07, 6.45) is 5.79. The van der Waals surface area contributed by atoms with Crippen LogP contribution in [0.3, 0.4) is 0 Å². The number of hydrogen-bond donors (Lipinski definition) is 1. The molecule has 1 aromatic heterocycles. The number of carbonyl (C=O) groups excluding carboxylic acids is 2. The van der Waals surface area contributed by atoms with Crippen LogP contribution >= 0.6 is 0 Å². The van der Waals surface area contributed by atoms with Crippen LogP contribution in [0.25, 0.3) is 10.9 Å². The molecule has 0 spiro atoms. The number of nitrogens with two attached hydrogens (primary N) is 1. The van der Waals surface area contributed by atoms with Crippen LogP contribution in [0.5, 0.6) is 0 Å². The van der Waals surface area contributed by atoms with Gasteiger partial charge >= 0.3 is 12.1 Å². The Balaban J connectivity index is 1.32. The van der Waals surface area contributed by atoms with Gasteiger partial charge in [0.2, 0.25) is 0 Å². The molecule has 2 aromatic rings. The summed E-state index contributed by atoms with van der Waals surface area (Å²) in [6, 6.07) is 4.32. The Kier molecular flexibility index (Phi) is 6.52. The number of rotatable bonds is 3. The third kappa shape index (κ3) is 5.24. The molecule has 1 amide bonds. The van der Waals surface area contributed by atoms with Crippen molar-refractivity contribution in [1.82, 2.24) is 19.6 Å². The molecule has 0 unspecified atom stereocenters. The van der Waals surface area contributed by atoms with Gasteiger partial charge in [-0.25, -0.2) is 9.59 Å². The Morgan fingerprint density at radius 2 is 1.67 bits per heavy atom. The SMILES string of the molecule is COC(=O)c1cc2nn(C3CCN(C4CCN(C(=O)OC(C)(C)C)CC4)CC3)cc2cc1N. The Morgan fingerprint density at radius 1 is 1.03 bits per heavy atom. The molecule has 2 aliphatic rings. The molecule has 2 aliphatic heterocycles. The van der Waals surface area contributed by atoms with Crippen LogP contribution in [0, 0.1) is 0 Å². The van der Waals surface area contributed by atoms with Crippen LogP contribution in [0.2, 0.25) is 0 Å². The minimum Gasteiger partial charge on any atom is -0.465 e. The van der Waals surface area contributed by atoms with E-state index in [0.717, 1.165) is 62.8 Å². The highest BCUT2D eigenvalue weighted by Gasteiger charge is 2.32. The minimum atomic E-state index is -0.459. The fourth-order valence-electron chi connectivity index (χ4n) is 4.84. The predicted molar refractivity (Wildman–Crippen MR) is 126 cm³/mol. The van der Waals surface area contributed by atoms with Crippen molar-refractivity contribution in [3.05, 3.63) is 23.9 Å². The summed E-state index contributed by atoms with van der Waals surface area (Å²) in [6.45, 7) is 9.20. The van der Waals surface area contributed by atoms with E-state index in [9.17, 15) is 9.59 Å². The van der Waals surface area contributed by atoms with Gasteiger partial charge < -0.3 is 25.0 Å². The number of nitrogens with zero attached hydrogens (tertiary/aromatic N) is 4. The van der Waals surface area contributed by atoms with Crippen LogP contribution in [-0.2, 0) is 9.47 Å². The van der Waals surface area contributed by atoms with E-state index in [-0.39, 0.29) is 6.09 Å². The zero-order valence-electron chi connectivity index (χ0n) is 20.0. The Labute approximate surface area is 194 Å². The molecule has 3 heterocycles. The van der Waals surface area contributed by atoms with Crippen LogP contribution in [0.4, 0.5) is 10.5 Å². The zero-order chi connectivity index (χ0) is 23.8. The second-order valence-corrected chi connectivity index (χ2v) is 10.1. The van der Waals surface area contributed by atoms with Crippen molar-refractivity contribution in [3.63, 3.8) is 0 Å². The number of anilines is 1. The highest BCUT2D eigenvalue weighted by atomic mass is 16.6. The summed E-state index contributed by atoms with van der Waals surface area (Å²) in [5.41, 5.74) is 7.08. The van der Waals surface area contributed by atoms with Crippen LogP contribution < -0.4 is 5.73 Å². The molecule has 0 atom stereocenters. The average molecular weight is 458 g/mol. The van der Waals surface area contributed by atoms with Crippen LogP contribution in [-0.4, -0.2) is 76.6 Å². The number of likely N-dealkylation sites (tertiary alicyclic amines) is 2. The maximum Gasteiger partial charge on any atom is 0.410 e. The lowest BCUT2D eigenvalue weighted by Crippen LogP contribution is -2.49. The van der Waals surface area contributed by atoms with Crippen molar-refractivity contribution in [2.24, 2.45) is 0 Å². The number of amides is 1. The molecular weight excluding hydrogens is 422 g/mol. The molecule has 0 saturated carbocycles. The molecule has 9 nitrogen and oxygen atoms in total. The molecule has 2 saturated heterocycles. The van der Waals surface area contributed by atoms with Gasteiger partial charge in [0, 0.05) is 49.5 Å². The van der Waals surface area contributed by atoms with Crippen LogP contribution in [0.1, 0.15) is 62.9 Å². The number of nitrogen functional groups attached to an aromatic ring is 1. The Bertz CT molecular complexity index is 1010. The minimum absolute atomic E-state index is 0.207. The summed E-state index contributed by atoms with van der Waals surface area (Å²) >= 11 is 0. The molecule has 9 heteroatoms. The second kappa shape index (κ2) is 9.21. The summed E-state index contributed by atoms with van der Waals surface area (Å²) < 4.78 is 12.3. The number of hydrogen-bond acceptors (Lipinski definition) is 7. The topological polar surface area (TPSA) is 103 Å². The fourth-order valence-corrected chi connectivity index (χ4v) is 4.84. The van der Waals surface area contributed by atoms with Crippen LogP contribution in [0.15, 0.2) is 18.3 Å². The molecular formula is C24H35N5O4. The van der Waals surface area contributed by atoms with E-state index in [2.05, 4.69) is 4.90 Å². The maximum absolute atomic E-state index is 12.3. The van der Waals surface area contributed by atoms with Crippen molar-refractivity contribution >= 4 is 28.7 Å². The molecule has 0 radical (unpaired) electrons. The number of aromatic nitrogens is 2. The second-order valence-electron chi connectivity index (χ2n) is 10.1. The summed E-state index contributed by atoms with van der Waals surface area (Å²) in [5.74, 6) is -0.449. The molecule has 1 aromatic carbocycles. The normalized spacial score (nSPS) is 19.1. The maximum atomic E-state index is 12.3. The van der Waals surface area contributed by atoms with Crippen molar-refractivity contribution in [1.29, 1.82) is 0 Å². The summed E-state index contributed by atoms with van der Waals surface area (Å²) in [4.78, 5) is 28.6. The predicted octanol–water partition coefficient (Wildman–Crippen LogP) is 3.44. The van der Waals surface area contributed by atoms with Gasteiger partial charge in [-0.1, -0.05) is 0 Å². The van der Waals surface area contributed by atoms with Gasteiger partial charge in [0.25, 0.3) is 0 Å². The van der Waals surface area contributed by atoms with E-state index < -0.39 is 11.6 Å². The molecule has 4 rings (SSSR count). The zero-order valence-corrected chi connectivity index (χ0v) is 20.0. The summed E-state index contributed by atoms with van der Waals surface area (Å²) in [7, 11) is 1.35. The third-order valence-corrected chi connectivity index (χ3v) is 6.60. The van der Waals surface area contributed by atoms with E-state index in [1.807, 2.05) is 36.5 Å². The van der Waals surface area contributed by atoms with E-state index in [4.69, 9.17) is 20.3 Å². The van der Waals surface area contributed by atoms with E-state index in [0.29, 0.717) is 23.3 Å². The molecule has 0 bridgehead atoms. The quantitative estimate of drug-likeness (QED) is 0.556. The van der Waals surface area contributed by atoms with Gasteiger partial charge in [-0.05, 0) is 58.6 Å². The fraction of sp³-hybridized carbons (Fsp3) is 0.625. The van der Waals surface area contributed by atoms with Gasteiger partial charge in [-0.3, -0.25) is 4.68 Å². The number of benzene rings is 1. The lowest BCUT2D eigenvalue weighted by molar-refractivity contribution is 0.0119. The molecule has 33 heavy (non-hydrogen) atoms. The van der Waals surface area contributed by atoms with Gasteiger partial charge in [0.05, 0.1) is 24.2 Å². The van der Waals surface area contributed by atoms with E-state index >= 15 is 0 Å². The standard InChI is InChI=1S/C24H35N5O4/c1-24(2,3)33-23(31)28-11-5-17(6-12-28)27-9-7-18(8-10-27)29-15-16-13-20(25)19(22(30)32-4)14-21(16)26-29/h13-15,17-18H,5-12,25H2,1-4H3. The lowest BCUT2D eigenvalue weighted by Gasteiger charge is -2.41. The number of carbonyl (C=O) groups is 2. The molecule has 2 fully saturated rings. The van der Waals surface area contributed by atoms with E-state index in [1.54, 1.807) is 12.1 Å². The van der Waals surface area contributed by atoms with Gasteiger partial charge in [-0.15, -0.1) is 0 Å². The number of fused-ring (bicyclic) bond motifs is 1.